The number of hydrogen-bond donors (Lipinski definition) is 4. The van der Waals surface area contributed by atoms with E-state index in [9.17, 15) is 24.3 Å². The summed E-state index contributed by atoms with van der Waals surface area (Å²) in [6, 6.07) is 3.38. The van der Waals surface area contributed by atoms with Crippen molar-refractivity contribution in [1.29, 1.82) is 0 Å². The smallest absolute Gasteiger partial charge is 0.408 e. The van der Waals surface area contributed by atoms with Crippen molar-refractivity contribution in [2.75, 3.05) is 51.3 Å². The van der Waals surface area contributed by atoms with Gasteiger partial charge in [-0.1, -0.05) is 45.7 Å². The summed E-state index contributed by atoms with van der Waals surface area (Å²) in [5, 5.41) is 22.7. The second-order valence-corrected chi connectivity index (χ2v) is 20.4. The highest BCUT2D eigenvalue weighted by atomic mass is 35.5. The first kappa shape index (κ1) is 45.1. The maximum Gasteiger partial charge on any atom is 0.408 e. The first-order valence-corrected chi connectivity index (χ1v) is 23.6. The maximum atomic E-state index is 14.8. The van der Waals surface area contributed by atoms with Crippen LogP contribution in [0.4, 0.5) is 9.93 Å². The van der Waals surface area contributed by atoms with Gasteiger partial charge in [-0.05, 0) is 74.8 Å². The molecule has 8 rings (SSSR count). The minimum absolute atomic E-state index is 0.0295. The zero-order valence-electron chi connectivity index (χ0n) is 36.9. The summed E-state index contributed by atoms with van der Waals surface area (Å²) >= 11 is 8.55. The third-order valence-electron chi connectivity index (χ3n) is 13.1. The number of rotatable bonds is 16. The van der Waals surface area contributed by atoms with Crippen LogP contribution in [0.1, 0.15) is 80.1 Å². The van der Waals surface area contributed by atoms with Gasteiger partial charge in [0.1, 0.15) is 58.7 Å². The van der Waals surface area contributed by atoms with Gasteiger partial charge in [0.25, 0.3) is 0 Å². The molecule has 63 heavy (non-hydrogen) atoms. The van der Waals surface area contributed by atoms with Gasteiger partial charge in [0, 0.05) is 48.9 Å². The van der Waals surface area contributed by atoms with Crippen molar-refractivity contribution in [3.05, 3.63) is 28.6 Å². The van der Waals surface area contributed by atoms with Crippen LogP contribution in [0.3, 0.4) is 0 Å². The molecule has 16 nitrogen and oxygen atoms in total. The average molecular weight is 911 g/mol. The van der Waals surface area contributed by atoms with Gasteiger partial charge in [-0.3, -0.25) is 14.5 Å². The molecular weight excluding hydrogens is 850 g/mol. The van der Waals surface area contributed by atoms with E-state index in [1.807, 2.05) is 53.0 Å². The van der Waals surface area contributed by atoms with Crippen molar-refractivity contribution in [2.45, 2.75) is 116 Å². The summed E-state index contributed by atoms with van der Waals surface area (Å²) in [6.07, 6.45) is 2.11. The van der Waals surface area contributed by atoms with Crippen LogP contribution in [0.2, 0.25) is 5.02 Å². The number of ether oxygens (including phenoxy) is 4. The highest BCUT2D eigenvalue weighted by Gasteiger charge is 2.61. The molecule has 2 aromatic heterocycles. The summed E-state index contributed by atoms with van der Waals surface area (Å²) in [6.45, 7) is 15.6. The Hall–Kier alpha value is -4.45. The number of carboxylic acid groups (broad SMARTS) is 1. The number of thiazole rings is 1. The highest BCUT2D eigenvalue weighted by Crippen LogP contribution is 2.52. The zero-order chi connectivity index (χ0) is 44.8. The summed E-state index contributed by atoms with van der Waals surface area (Å²) in [5.74, 6) is -0.376. The lowest BCUT2D eigenvalue weighted by Gasteiger charge is -2.35. The van der Waals surface area contributed by atoms with Crippen LogP contribution in [0.5, 0.6) is 11.5 Å². The first-order chi connectivity index (χ1) is 30.0. The van der Waals surface area contributed by atoms with Crippen LogP contribution in [0.15, 0.2) is 23.6 Å². The van der Waals surface area contributed by atoms with Gasteiger partial charge in [0.15, 0.2) is 5.13 Å². The van der Waals surface area contributed by atoms with Crippen LogP contribution >= 0.6 is 22.9 Å². The number of alkyl carbamates (subject to hydrolysis) is 1. The topological polar surface area (TPSA) is 194 Å². The minimum Gasteiger partial charge on any atom is -0.491 e. The van der Waals surface area contributed by atoms with Gasteiger partial charge in [-0.15, -0.1) is 11.3 Å². The molecule has 5 aliphatic rings. The number of pyridine rings is 1. The monoisotopic (exact) mass is 909 g/mol. The Morgan fingerprint density at radius 1 is 1.03 bits per heavy atom. The van der Waals surface area contributed by atoms with Crippen molar-refractivity contribution >= 4 is 62.8 Å². The molecule has 3 saturated carbocycles. The summed E-state index contributed by atoms with van der Waals surface area (Å²) in [7, 11) is 0. The van der Waals surface area contributed by atoms with E-state index in [-0.39, 0.29) is 31.0 Å². The third-order valence-corrected chi connectivity index (χ3v) is 14.2. The number of fused-ring (bicyclic) bond motifs is 2. The Balaban J connectivity index is 1.09. The number of carbonyl (C=O) groups excluding carboxylic acids is 3. The molecule has 0 spiro atoms. The van der Waals surface area contributed by atoms with Gasteiger partial charge in [-0.25, -0.2) is 19.6 Å². The fourth-order valence-corrected chi connectivity index (χ4v) is 10.5. The van der Waals surface area contributed by atoms with Crippen molar-refractivity contribution in [2.24, 2.45) is 23.2 Å². The number of anilines is 1. The predicted molar refractivity (Wildman–Crippen MR) is 238 cm³/mol. The lowest BCUT2D eigenvalue weighted by molar-refractivity contribution is -0.146. The SMILES string of the molecule is CC[C@H]1C[C@]1(NC(=O)[C@@H]1C[C@@H](Oc2cc(-c3csc(NC(C)C)n3)nc3c(Cl)c(OCCN4CCOCC4)ccc23)CN1C(=O)[C@@H](NC(=O)O[C@@H]1C[C@@H]2C[C@@H]2C1)C(C)(C)C)C(=O)O. The number of nitrogens with one attached hydrogen (secondary N) is 3. The van der Waals surface area contributed by atoms with Crippen LogP contribution in [-0.4, -0.2) is 131 Å². The number of carboxylic acids is 1. The van der Waals surface area contributed by atoms with E-state index < -0.39 is 53.0 Å². The molecule has 0 unspecified atom stereocenters. The second-order valence-electron chi connectivity index (χ2n) is 19.2. The van der Waals surface area contributed by atoms with E-state index in [0.29, 0.717) is 89.9 Å². The Morgan fingerprint density at radius 2 is 1.78 bits per heavy atom. The molecule has 1 aromatic carbocycles. The van der Waals surface area contributed by atoms with Crippen molar-refractivity contribution in [1.82, 2.24) is 30.4 Å². The number of nitrogens with zero attached hydrogens (tertiary/aromatic N) is 4. The van der Waals surface area contributed by atoms with Gasteiger partial charge < -0.3 is 44.9 Å². The van der Waals surface area contributed by atoms with Gasteiger partial charge >= 0.3 is 12.1 Å². The maximum absolute atomic E-state index is 14.8. The number of amides is 3. The van der Waals surface area contributed by atoms with Crippen LogP contribution in [-0.2, 0) is 23.9 Å². The summed E-state index contributed by atoms with van der Waals surface area (Å²) in [4.78, 5) is 68.5. The first-order valence-electron chi connectivity index (χ1n) is 22.3. The van der Waals surface area contributed by atoms with Crippen molar-refractivity contribution in [3.8, 4) is 22.9 Å². The number of morpholine rings is 1. The highest BCUT2D eigenvalue weighted by molar-refractivity contribution is 7.14. The Kier molecular flexibility index (Phi) is 13.0. The molecule has 18 heteroatoms. The average Bonchev–Trinajstić information content (AvgIpc) is 3.91. The number of benzene rings is 1. The molecule has 3 aromatic rings. The summed E-state index contributed by atoms with van der Waals surface area (Å²) in [5.41, 5.74) is -0.683. The molecule has 3 aliphatic carbocycles. The largest absolute Gasteiger partial charge is 0.491 e. The Morgan fingerprint density at radius 3 is 2.44 bits per heavy atom. The molecule has 5 fully saturated rings. The fourth-order valence-electron chi connectivity index (χ4n) is 9.38. The lowest BCUT2D eigenvalue weighted by Crippen LogP contribution is -2.59. The molecule has 8 atom stereocenters. The molecule has 4 N–H and O–H groups in total. The number of likely N-dealkylation sites (tertiary alicyclic amines) is 1. The lowest BCUT2D eigenvalue weighted by atomic mass is 9.85. The van der Waals surface area contributed by atoms with E-state index in [0.717, 1.165) is 31.1 Å². The number of aromatic nitrogens is 2. The molecule has 342 valence electrons. The number of carbonyl (C=O) groups is 4. The Bertz CT molecular complexity index is 2200. The molecule has 2 saturated heterocycles. The van der Waals surface area contributed by atoms with Gasteiger partial charge in [0.05, 0.1) is 31.0 Å². The van der Waals surface area contributed by atoms with E-state index in [2.05, 4.69) is 20.9 Å². The molecule has 0 bridgehead atoms. The van der Waals surface area contributed by atoms with Crippen LogP contribution in [0.25, 0.3) is 22.3 Å². The Labute approximate surface area is 377 Å². The van der Waals surface area contributed by atoms with Crippen molar-refractivity contribution in [3.63, 3.8) is 0 Å². The molecule has 2 aliphatic heterocycles. The minimum atomic E-state index is -1.42. The number of halogens is 1. The summed E-state index contributed by atoms with van der Waals surface area (Å²) < 4.78 is 24.3. The van der Waals surface area contributed by atoms with E-state index >= 15 is 0 Å². The molecule has 0 radical (unpaired) electrons. The third kappa shape index (κ3) is 9.96. The normalized spacial score (nSPS) is 27.1. The van der Waals surface area contributed by atoms with Gasteiger partial charge in [-0.2, -0.15) is 0 Å². The molecule has 4 heterocycles. The van der Waals surface area contributed by atoms with E-state index in [4.69, 9.17) is 40.5 Å². The molecule has 3 amide bonds. The fraction of sp³-hybridized carbons (Fsp3) is 0.644. The van der Waals surface area contributed by atoms with Crippen molar-refractivity contribution < 1.29 is 43.2 Å². The van der Waals surface area contributed by atoms with Crippen LogP contribution in [0, 0.1) is 23.2 Å². The second kappa shape index (κ2) is 18.2. The van der Waals surface area contributed by atoms with E-state index in [1.54, 1.807) is 12.1 Å². The van der Waals surface area contributed by atoms with E-state index in [1.165, 1.54) is 22.7 Å². The number of aliphatic carboxylic acids is 1. The zero-order valence-corrected chi connectivity index (χ0v) is 38.5. The quantitative estimate of drug-likeness (QED) is 0.127. The predicted octanol–water partition coefficient (Wildman–Crippen LogP) is 6.20. The van der Waals surface area contributed by atoms with Gasteiger partial charge in [0.2, 0.25) is 11.8 Å². The number of hydrogen-bond acceptors (Lipinski definition) is 13. The standard InChI is InChI=1S/C45H60ClN7O9S/c1-7-27-21-45(27,41(56)57)51-39(54)33-19-29(22-53(33)40(55)38(44(4,5)6)50-43(58)62-28-17-25-16-26(25)18-28)61-35-20-31(32-23-63-42(49-32)47-24(2)3)48-37-30(35)8-9-34(36(37)46)60-15-12-52-10-13-59-14-11-52/h8-9,20,23-29,33,38H,7,10-19,21-22H2,1-6H3,(H,47,49)(H,50,58)(H,51,54)(H,56,57)/t25-,26+,27-,28+,29+,33-,38+,45+/m0/s1. The van der Waals surface area contributed by atoms with Crippen LogP contribution < -0.4 is 25.4 Å². The molecular formula is C45H60ClN7O9S.